The number of fused-ring (bicyclic) bond motifs is 1. The van der Waals surface area contributed by atoms with Gasteiger partial charge in [-0.15, -0.1) is 0 Å². The predicted molar refractivity (Wildman–Crippen MR) is 102 cm³/mol. The Labute approximate surface area is 152 Å². The van der Waals surface area contributed by atoms with E-state index in [4.69, 9.17) is 23.2 Å². The van der Waals surface area contributed by atoms with Crippen LogP contribution >= 0.6 is 23.2 Å². The number of aromatic nitrogens is 1. The summed E-state index contributed by atoms with van der Waals surface area (Å²) < 4.78 is 0. The van der Waals surface area contributed by atoms with Crippen molar-refractivity contribution >= 4 is 34.1 Å². The molecule has 1 fully saturated rings. The lowest BCUT2D eigenvalue weighted by atomic mass is 9.89. The maximum atomic E-state index is 6.37. The van der Waals surface area contributed by atoms with Gasteiger partial charge < -0.3 is 4.98 Å². The summed E-state index contributed by atoms with van der Waals surface area (Å²) in [5.41, 5.74) is 3.63. The molecule has 2 aromatic carbocycles. The number of hydrogen-bond acceptors (Lipinski definition) is 1. The van der Waals surface area contributed by atoms with Crippen LogP contribution in [0.2, 0.25) is 10.0 Å². The van der Waals surface area contributed by atoms with Gasteiger partial charge in [0.2, 0.25) is 0 Å². The Kier molecular flexibility index (Phi) is 4.53. The number of aromatic amines is 1. The summed E-state index contributed by atoms with van der Waals surface area (Å²) in [6.45, 7) is 3.11. The lowest BCUT2D eigenvalue weighted by Crippen LogP contribution is -2.32. The van der Waals surface area contributed by atoms with Gasteiger partial charge >= 0.3 is 0 Å². The Balaban J connectivity index is 1.43. The number of benzene rings is 2. The zero-order valence-corrected chi connectivity index (χ0v) is 14.9. The van der Waals surface area contributed by atoms with Gasteiger partial charge in [0.05, 0.1) is 0 Å². The van der Waals surface area contributed by atoms with Gasteiger partial charge in [-0.25, -0.2) is 0 Å². The number of nitrogens with one attached hydrogen (secondary N) is 1. The number of piperidine rings is 1. The Morgan fingerprint density at radius 1 is 0.958 bits per heavy atom. The molecule has 3 aromatic rings. The van der Waals surface area contributed by atoms with E-state index < -0.39 is 0 Å². The van der Waals surface area contributed by atoms with Gasteiger partial charge in [-0.1, -0.05) is 47.5 Å². The molecule has 24 heavy (non-hydrogen) atoms. The molecule has 1 saturated heterocycles. The van der Waals surface area contributed by atoms with Crippen molar-refractivity contribution in [1.82, 2.24) is 9.88 Å². The molecule has 0 aliphatic carbocycles. The van der Waals surface area contributed by atoms with Gasteiger partial charge in [0.25, 0.3) is 0 Å². The van der Waals surface area contributed by atoms with Crippen molar-refractivity contribution < 1.29 is 0 Å². The molecule has 1 aliphatic heterocycles. The molecule has 4 heteroatoms. The first-order valence-corrected chi connectivity index (χ1v) is 9.19. The Morgan fingerprint density at radius 3 is 2.38 bits per heavy atom. The molecule has 2 heterocycles. The van der Waals surface area contributed by atoms with E-state index in [1.165, 1.54) is 16.6 Å². The molecular formula is C20H20Cl2N2. The highest BCUT2D eigenvalue weighted by molar-refractivity contribution is 6.36. The van der Waals surface area contributed by atoms with Crippen molar-refractivity contribution in [3.05, 3.63) is 69.8 Å². The van der Waals surface area contributed by atoms with Crippen molar-refractivity contribution in [2.24, 2.45) is 0 Å². The zero-order chi connectivity index (χ0) is 16.5. The van der Waals surface area contributed by atoms with Crippen molar-refractivity contribution in [2.75, 3.05) is 13.1 Å². The van der Waals surface area contributed by atoms with Crippen LogP contribution in [0.25, 0.3) is 10.9 Å². The average Bonchev–Trinajstić information content (AvgIpc) is 2.98. The molecule has 0 saturated carbocycles. The molecule has 1 aliphatic rings. The standard InChI is InChI=1S/C20H20Cl2N2/c21-17-5-3-6-18(22)20(17)14-8-10-24(11-9-14)13-16-12-15-4-1-2-7-19(15)23-16/h1-7,12,14,23H,8-11,13H2. The molecule has 2 nitrogen and oxygen atoms in total. The van der Waals surface area contributed by atoms with Gasteiger partial charge in [0.15, 0.2) is 0 Å². The van der Waals surface area contributed by atoms with Crippen LogP contribution in [0.5, 0.6) is 0 Å². The fourth-order valence-electron chi connectivity index (χ4n) is 3.74. The first kappa shape index (κ1) is 16.0. The van der Waals surface area contributed by atoms with Crippen LogP contribution in [0.3, 0.4) is 0 Å². The molecule has 0 spiro atoms. The van der Waals surface area contributed by atoms with Gasteiger partial charge in [0, 0.05) is 27.8 Å². The van der Waals surface area contributed by atoms with E-state index in [1.807, 2.05) is 18.2 Å². The summed E-state index contributed by atoms with van der Waals surface area (Å²) in [6, 6.07) is 16.5. The number of hydrogen-bond donors (Lipinski definition) is 1. The highest BCUT2D eigenvalue weighted by atomic mass is 35.5. The fourth-order valence-corrected chi connectivity index (χ4v) is 4.45. The second-order valence-corrected chi connectivity index (χ2v) is 7.38. The van der Waals surface area contributed by atoms with Crippen molar-refractivity contribution in [3.63, 3.8) is 0 Å². The monoisotopic (exact) mass is 358 g/mol. The van der Waals surface area contributed by atoms with E-state index in [2.05, 4.69) is 40.2 Å². The molecule has 1 aromatic heterocycles. The van der Waals surface area contributed by atoms with Crippen LogP contribution in [0.1, 0.15) is 30.0 Å². The molecule has 0 amide bonds. The maximum absolute atomic E-state index is 6.37. The first-order chi connectivity index (χ1) is 11.7. The summed E-state index contributed by atoms with van der Waals surface area (Å²) >= 11 is 12.7. The second kappa shape index (κ2) is 6.79. The minimum absolute atomic E-state index is 0.463. The second-order valence-electron chi connectivity index (χ2n) is 6.57. The minimum atomic E-state index is 0.463. The van der Waals surface area contributed by atoms with E-state index in [9.17, 15) is 0 Å². The Morgan fingerprint density at radius 2 is 1.67 bits per heavy atom. The van der Waals surface area contributed by atoms with E-state index >= 15 is 0 Å². The number of rotatable bonds is 3. The highest BCUT2D eigenvalue weighted by Gasteiger charge is 2.24. The molecule has 4 rings (SSSR count). The predicted octanol–water partition coefficient (Wildman–Crippen LogP) is 5.85. The van der Waals surface area contributed by atoms with Gasteiger partial charge in [-0.3, -0.25) is 4.90 Å². The van der Waals surface area contributed by atoms with Crippen LogP contribution in [0.4, 0.5) is 0 Å². The summed E-state index contributed by atoms with van der Waals surface area (Å²) in [5.74, 6) is 0.463. The third-order valence-corrected chi connectivity index (χ3v) is 5.63. The van der Waals surface area contributed by atoms with E-state index in [-0.39, 0.29) is 0 Å². The lowest BCUT2D eigenvalue weighted by molar-refractivity contribution is 0.203. The van der Waals surface area contributed by atoms with Crippen molar-refractivity contribution in [2.45, 2.75) is 25.3 Å². The van der Waals surface area contributed by atoms with Crippen LogP contribution in [0.15, 0.2) is 48.5 Å². The summed E-state index contributed by atoms with van der Waals surface area (Å²) in [6.07, 6.45) is 2.20. The molecule has 124 valence electrons. The first-order valence-electron chi connectivity index (χ1n) is 8.43. The van der Waals surface area contributed by atoms with Gasteiger partial charge in [-0.05, 0) is 67.1 Å². The molecular weight excluding hydrogens is 339 g/mol. The molecule has 0 bridgehead atoms. The van der Waals surface area contributed by atoms with Crippen LogP contribution in [-0.4, -0.2) is 23.0 Å². The van der Waals surface area contributed by atoms with E-state index in [1.54, 1.807) is 0 Å². The van der Waals surface area contributed by atoms with Crippen LogP contribution in [0, 0.1) is 0 Å². The summed E-state index contributed by atoms with van der Waals surface area (Å²) in [7, 11) is 0. The number of halogens is 2. The van der Waals surface area contributed by atoms with Crippen molar-refractivity contribution in [3.8, 4) is 0 Å². The number of H-pyrrole nitrogens is 1. The van der Waals surface area contributed by atoms with Gasteiger partial charge in [-0.2, -0.15) is 0 Å². The lowest BCUT2D eigenvalue weighted by Gasteiger charge is -2.32. The zero-order valence-electron chi connectivity index (χ0n) is 13.4. The Hall–Kier alpha value is -1.48. The summed E-state index contributed by atoms with van der Waals surface area (Å²) in [5, 5.41) is 2.89. The summed E-state index contributed by atoms with van der Waals surface area (Å²) in [4.78, 5) is 6.03. The molecule has 0 radical (unpaired) electrons. The van der Waals surface area contributed by atoms with E-state index in [0.717, 1.165) is 48.1 Å². The fraction of sp³-hybridized carbons (Fsp3) is 0.300. The smallest absolute Gasteiger partial charge is 0.0456 e. The third-order valence-electron chi connectivity index (χ3n) is 4.98. The van der Waals surface area contributed by atoms with E-state index in [0.29, 0.717) is 5.92 Å². The molecule has 0 unspecified atom stereocenters. The minimum Gasteiger partial charge on any atom is -0.357 e. The van der Waals surface area contributed by atoms with Crippen LogP contribution < -0.4 is 0 Å². The normalized spacial score (nSPS) is 16.8. The SMILES string of the molecule is Clc1cccc(Cl)c1C1CCN(Cc2cc3ccccc3[nH]2)CC1. The average molecular weight is 359 g/mol. The largest absolute Gasteiger partial charge is 0.357 e. The highest BCUT2D eigenvalue weighted by Crippen LogP contribution is 2.37. The number of para-hydroxylation sites is 1. The maximum Gasteiger partial charge on any atom is 0.0456 e. The number of nitrogens with zero attached hydrogens (tertiary/aromatic N) is 1. The topological polar surface area (TPSA) is 19.0 Å². The van der Waals surface area contributed by atoms with Crippen molar-refractivity contribution in [1.29, 1.82) is 0 Å². The third kappa shape index (κ3) is 3.19. The molecule has 1 N–H and O–H groups in total. The van der Waals surface area contributed by atoms with Crippen LogP contribution in [-0.2, 0) is 6.54 Å². The number of likely N-dealkylation sites (tertiary alicyclic amines) is 1. The molecule has 0 atom stereocenters. The quantitative estimate of drug-likeness (QED) is 0.621. The van der Waals surface area contributed by atoms with Gasteiger partial charge in [0.1, 0.15) is 0 Å². The Bertz CT molecular complexity index is 794.